The molecular weight excluding hydrogens is 280 g/mol. The van der Waals surface area contributed by atoms with E-state index in [0.29, 0.717) is 23.4 Å². The number of rotatable bonds is 5. The van der Waals surface area contributed by atoms with Crippen molar-refractivity contribution >= 4 is 15.9 Å². The number of carbonyl (C=O) groups excluding carboxylic acids is 1. The van der Waals surface area contributed by atoms with Crippen molar-refractivity contribution in [1.29, 1.82) is 0 Å². The first-order valence-electron chi connectivity index (χ1n) is 6.25. The van der Waals surface area contributed by atoms with Gasteiger partial charge in [0.25, 0.3) is 5.91 Å². The molecule has 0 aliphatic rings. The smallest absolute Gasteiger partial charge is 0.260 e. The van der Waals surface area contributed by atoms with E-state index in [1.54, 1.807) is 20.8 Å². The number of nitrogens with two attached hydrogens (primary N) is 1. The number of nitrogens with one attached hydrogen (secondary N) is 1. The van der Waals surface area contributed by atoms with Gasteiger partial charge in [-0.1, -0.05) is 0 Å². The Morgan fingerprint density at radius 2 is 1.95 bits per heavy atom. The Balaban J connectivity index is 3.06. The Kier molecular flexibility index (Phi) is 5.13. The second kappa shape index (κ2) is 6.23. The van der Waals surface area contributed by atoms with E-state index >= 15 is 0 Å². The lowest BCUT2D eigenvalue weighted by molar-refractivity contribution is -0.127. The van der Waals surface area contributed by atoms with Gasteiger partial charge in [0.2, 0.25) is 10.0 Å². The molecular formula is C13H20N2O4S. The molecule has 3 N–H and O–H groups in total. The van der Waals surface area contributed by atoms with E-state index in [1.807, 2.05) is 6.92 Å². The van der Waals surface area contributed by atoms with E-state index in [1.165, 1.54) is 12.1 Å². The number of sulfonamides is 1. The molecule has 6 nitrogen and oxygen atoms in total. The highest BCUT2D eigenvalue weighted by Gasteiger charge is 2.19. The quantitative estimate of drug-likeness (QED) is 0.842. The van der Waals surface area contributed by atoms with E-state index in [2.05, 4.69) is 5.32 Å². The molecule has 0 radical (unpaired) electrons. The Morgan fingerprint density at radius 3 is 2.45 bits per heavy atom. The van der Waals surface area contributed by atoms with Crippen molar-refractivity contribution in [3.05, 3.63) is 23.3 Å². The van der Waals surface area contributed by atoms with Gasteiger partial charge in [-0.25, -0.2) is 13.6 Å². The number of benzene rings is 1. The van der Waals surface area contributed by atoms with Gasteiger partial charge in [-0.05, 0) is 51.0 Å². The summed E-state index contributed by atoms with van der Waals surface area (Å²) in [4.78, 5) is 11.7. The fraction of sp³-hybridized carbons (Fsp3) is 0.462. The second-order valence-electron chi connectivity index (χ2n) is 4.51. The molecule has 1 atom stereocenters. The SMILES string of the molecule is CCNC(=O)C(C)Oc1ccc(S(N)(=O)=O)c(C)c1C. The predicted octanol–water partition coefficient (Wildman–Crippen LogP) is 0.854. The molecule has 20 heavy (non-hydrogen) atoms. The molecule has 0 heterocycles. The van der Waals surface area contributed by atoms with Crippen LogP contribution >= 0.6 is 0 Å². The van der Waals surface area contributed by atoms with Crippen LogP contribution in [-0.4, -0.2) is 27.0 Å². The van der Waals surface area contributed by atoms with Crippen LogP contribution < -0.4 is 15.2 Å². The average molecular weight is 300 g/mol. The van der Waals surface area contributed by atoms with Crippen LogP contribution in [0.3, 0.4) is 0 Å². The number of carbonyl (C=O) groups is 1. The third-order valence-corrected chi connectivity index (χ3v) is 4.07. The zero-order valence-electron chi connectivity index (χ0n) is 12.1. The molecule has 112 valence electrons. The Labute approximate surface area is 119 Å². The zero-order chi connectivity index (χ0) is 15.5. The normalized spacial score (nSPS) is 12.8. The van der Waals surface area contributed by atoms with Crippen LogP contribution in [0.5, 0.6) is 5.75 Å². The third kappa shape index (κ3) is 3.71. The highest BCUT2D eigenvalue weighted by Crippen LogP contribution is 2.27. The molecule has 0 aliphatic heterocycles. The van der Waals surface area contributed by atoms with Crippen molar-refractivity contribution in [2.45, 2.75) is 38.7 Å². The van der Waals surface area contributed by atoms with Gasteiger partial charge < -0.3 is 10.1 Å². The molecule has 0 bridgehead atoms. The summed E-state index contributed by atoms with van der Waals surface area (Å²) >= 11 is 0. The molecule has 0 saturated heterocycles. The van der Waals surface area contributed by atoms with Crippen LogP contribution in [0, 0.1) is 13.8 Å². The lowest BCUT2D eigenvalue weighted by atomic mass is 10.1. The number of hydrogen-bond acceptors (Lipinski definition) is 4. The maximum atomic E-state index is 11.6. The van der Waals surface area contributed by atoms with Crippen LogP contribution in [0.15, 0.2) is 17.0 Å². The van der Waals surface area contributed by atoms with Crippen molar-refractivity contribution in [3.8, 4) is 5.75 Å². The summed E-state index contributed by atoms with van der Waals surface area (Å²) in [5.41, 5.74) is 1.17. The summed E-state index contributed by atoms with van der Waals surface area (Å²) in [5, 5.41) is 7.79. The van der Waals surface area contributed by atoms with E-state index in [9.17, 15) is 13.2 Å². The van der Waals surface area contributed by atoms with E-state index in [0.717, 1.165) is 0 Å². The lowest BCUT2D eigenvalue weighted by Crippen LogP contribution is -2.36. The highest BCUT2D eigenvalue weighted by molar-refractivity contribution is 7.89. The molecule has 1 aromatic carbocycles. The largest absolute Gasteiger partial charge is 0.481 e. The Morgan fingerprint density at radius 1 is 1.35 bits per heavy atom. The van der Waals surface area contributed by atoms with Crippen molar-refractivity contribution in [2.24, 2.45) is 5.14 Å². The minimum atomic E-state index is -3.76. The molecule has 1 rings (SSSR count). The van der Waals surface area contributed by atoms with Gasteiger partial charge in [0.15, 0.2) is 6.10 Å². The Bertz CT molecular complexity index is 611. The van der Waals surface area contributed by atoms with Crippen molar-refractivity contribution in [3.63, 3.8) is 0 Å². The zero-order valence-corrected chi connectivity index (χ0v) is 12.9. The molecule has 0 saturated carbocycles. The third-order valence-electron chi connectivity index (χ3n) is 3.02. The minimum Gasteiger partial charge on any atom is -0.481 e. The number of likely N-dealkylation sites (N-methyl/N-ethyl adjacent to an activating group) is 1. The van der Waals surface area contributed by atoms with Crippen molar-refractivity contribution in [2.75, 3.05) is 6.54 Å². The first-order chi connectivity index (χ1) is 9.18. The molecule has 1 aromatic rings. The topological polar surface area (TPSA) is 98.5 Å². The fourth-order valence-electron chi connectivity index (χ4n) is 1.77. The lowest BCUT2D eigenvalue weighted by Gasteiger charge is -2.17. The fourth-order valence-corrected chi connectivity index (χ4v) is 2.61. The van der Waals surface area contributed by atoms with Gasteiger partial charge >= 0.3 is 0 Å². The predicted molar refractivity (Wildman–Crippen MR) is 76.1 cm³/mol. The standard InChI is InChI=1S/C13H20N2O4S/c1-5-15-13(16)10(4)19-11-6-7-12(20(14,17)18)9(3)8(11)2/h6-7,10H,5H2,1-4H3,(H,15,16)(H2,14,17,18). The molecule has 1 unspecified atom stereocenters. The minimum absolute atomic E-state index is 0.0630. The van der Waals surface area contributed by atoms with Gasteiger partial charge in [-0.3, -0.25) is 4.79 Å². The molecule has 7 heteroatoms. The summed E-state index contributed by atoms with van der Waals surface area (Å²) < 4.78 is 28.4. The first-order valence-corrected chi connectivity index (χ1v) is 7.80. The summed E-state index contributed by atoms with van der Waals surface area (Å²) in [7, 11) is -3.76. The van der Waals surface area contributed by atoms with Gasteiger partial charge in [-0.15, -0.1) is 0 Å². The molecule has 0 aliphatic carbocycles. The summed E-state index contributed by atoms with van der Waals surface area (Å²) in [6.07, 6.45) is -0.659. The van der Waals surface area contributed by atoms with Crippen LogP contribution in [0.25, 0.3) is 0 Å². The molecule has 1 amide bonds. The number of ether oxygens (including phenoxy) is 1. The van der Waals surface area contributed by atoms with Crippen LogP contribution in [0.2, 0.25) is 0 Å². The first kappa shape index (κ1) is 16.5. The van der Waals surface area contributed by atoms with Crippen LogP contribution in [-0.2, 0) is 14.8 Å². The number of hydrogen-bond donors (Lipinski definition) is 2. The van der Waals surface area contributed by atoms with E-state index in [4.69, 9.17) is 9.88 Å². The molecule has 0 spiro atoms. The van der Waals surface area contributed by atoms with Crippen LogP contribution in [0.1, 0.15) is 25.0 Å². The Hall–Kier alpha value is -1.60. The van der Waals surface area contributed by atoms with Gasteiger partial charge in [0.05, 0.1) is 4.90 Å². The maximum absolute atomic E-state index is 11.6. The van der Waals surface area contributed by atoms with Gasteiger partial charge in [0.1, 0.15) is 5.75 Å². The summed E-state index contributed by atoms with van der Waals surface area (Å²) in [6, 6.07) is 2.90. The maximum Gasteiger partial charge on any atom is 0.260 e. The number of primary sulfonamides is 1. The molecule has 0 fully saturated rings. The van der Waals surface area contributed by atoms with Crippen molar-refractivity contribution in [1.82, 2.24) is 5.32 Å². The van der Waals surface area contributed by atoms with Crippen LogP contribution in [0.4, 0.5) is 0 Å². The van der Waals surface area contributed by atoms with Crippen molar-refractivity contribution < 1.29 is 17.9 Å². The summed E-state index contributed by atoms with van der Waals surface area (Å²) in [6.45, 7) is 7.35. The average Bonchev–Trinajstić information content (AvgIpc) is 2.33. The second-order valence-corrected chi connectivity index (χ2v) is 6.04. The van der Waals surface area contributed by atoms with Gasteiger partial charge in [0, 0.05) is 6.54 Å². The molecule has 0 aromatic heterocycles. The van der Waals surface area contributed by atoms with E-state index in [-0.39, 0.29) is 10.8 Å². The highest BCUT2D eigenvalue weighted by atomic mass is 32.2. The summed E-state index contributed by atoms with van der Waals surface area (Å²) in [5.74, 6) is 0.244. The van der Waals surface area contributed by atoms with E-state index < -0.39 is 16.1 Å². The monoisotopic (exact) mass is 300 g/mol. The van der Waals surface area contributed by atoms with Gasteiger partial charge in [-0.2, -0.15) is 0 Å². The number of amides is 1.